The van der Waals surface area contributed by atoms with Crippen LogP contribution >= 0.6 is 7.82 Å². The number of ether oxygens (including phenoxy) is 2. The number of carbonyl (C=O) groups excluding carboxylic acids is 1. The molecule has 0 aromatic rings. The maximum atomic E-state index is 12.8. The molecule has 6 unspecified atom stereocenters. The Bertz CT molecular complexity index is 1060. The molecule has 58 heavy (non-hydrogen) atoms. The monoisotopic (exact) mass is 849 g/mol. The molecule has 0 aromatic carbocycles. The fourth-order valence-corrected chi connectivity index (χ4v) is 8.06. The molecule has 1 saturated carbocycles. The normalized spacial score (nSPS) is 22.8. The molecule has 0 heterocycles. The third kappa shape index (κ3) is 28.4. The van der Waals surface area contributed by atoms with Crippen LogP contribution in [0.2, 0.25) is 0 Å². The fourth-order valence-electron chi connectivity index (χ4n) is 7.09. The van der Waals surface area contributed by atoms with E-state index in [-0.39, 0.29) is 13.0 Å². The number of allylic oxidation sites excluding steroid dienone is 4. The molecule has 1 aliphatic carbocycles. The maximum absolute atomic E-state index is 12.8. The molecule has 0 saturated heterocycles. The minimum atomic E-state index is -5.01. The van der Waals surface area contributed by atoms with E-state index in [9.17, 15) is 39.8 Å². The van der Waals surface area contributed by atoms with Crippen LogP contribution in [0.15, 0.2) is 24.3 Å². The van der Waals surface area contributed by atoms with E-state index in [2.05, 4.69) is 38.2 Å². The van der Waals surface area contributed by atoms with Gasteiger partial charge in [0.2, 0.25) is 0 Å². The van der Waals surface area contributed by atoms with Crippen LogP contribution < -0.4 is 0 Å². The Balaban J connectivity index is 2.28. The number of phosphoric ester groups is 1. The zero-order valence-electron chi connectivity index (χ0n) is 36.4. The second kappa shape index (κ2) is 36.5. The van der Waals surface area contributed by atoms with Gasteiger partial charge in [0.05, 0.1) is 13.2 Å². The number of aliphatic hydroxyl groups is 5. The van der Waals surface area contributed by atoms with Crippen molar-refractivity contribution in [1.82, 2.24) is 0 Å². The van der Waals surface area contributed by atoms with Gasteiger partial charge in [0.1, 0.15) is 42.7 Å². The lowest BCUT2D eigenvalue weighted by atomic mass is 9.85. The average molecular weight is 849 g/mol. The van der Waals surface area contributed by atoms with Crippen molar-refractivity contribution >= 4 is 13.8 Å². The quantitative estimate of drug-likeness (QED) is 0.0149. The first kappa shape index (κ1) is 54.8. The lowest BCUT2D eigenvalue weighted by Crippen LogP contribution is -2.64. The van der Waals surface area contributed by atoms with E-state index in [0.29, 0.717) is 13.0 Å². The molecule has 1 rings (SSSR count). The molecule has 13 heteroatoms. The number of unbranched alkanes of at least 4 members (excludes halogenated alkanes) is 23. The van der Waals surface area contributed by atoms with Crippen molar-refractivity contribution in [1.29, 1.82) is 0 Å². The summed E-state index contributed by atoms with van der Waals surface area (Å²) >= 11 is 0. The highest BCUT2D eigenvalue weighted by molar-refractivity contribution is 7.47. The summed E-state index contributed by atoms with van der Waals surface area (Å²) in [5.41, 5.74) is 0. The predicted octanol–water partition coefficient (Wildman–Crippen LogP) is 9.31. The summed E-state index contributed by atoms with van der Waals surface area (Å²) in [4.78, 5) is 23.1. The largest absolute Gasteiger partial charge is 0.472 e. The van der Waals surface area contributed by atoms with Crippen molar-refractivity contribution in [2.24, 2.45) is 0 Å². The first-order chi connectivity index (χ1) is 28.0. The van der Waals surface area contributed by atoms with Gasteiger partial charge >= 0.3 is 13.8 Å². The van der Waals surface area contributed by atoms with Crippen LogP contribution in [-0.4, -0.2) is 98.9 Å². The zero-order chi connectivity index (χ0) is 42.7. The molecule has 6 atom stereocenters. The van der Waals surface area contributed by atoms with Gasteiger partial charge in [-0.1, -0.05) is 167 Å². The van der Waals surface area contributed by atoms with Gasteiger partial charge in [0, 0.05) is 13.0 Å². The van der Waals surface area contributed by atoms with E-state index in [4.69, 9.17) is 18.5 Å². The summed E-state index contributed by atoms with van der Waals surface area (Å²) in [7, 11) is -5.01. The van der Waals surface area contributed by atoms with E-state index < -0.39 is 63.1 Å². The summed E-state index contributed by atoms with van der Waals surface area (Å²) in [6.45, 7) is 4.22. The van der Waals surface area contributed by atoms with Crippen molar-refractivity contribution in [3.63, 3.8) is 0 Å². The molecule has 0 bridgehead atoms. The van der Waals surface area contributed by atoms with E-state index >= 15 is 0 Å². The van der Waals surface area contributed by atoms with E-state index in [1.165, 1.54) is 122 Å². The van der Waals surface area contributed by atoms with Gasteiger partial charge in [-0.2, -0.15) is 0 Å². The number of hydrogen-bond acceptors (Lipinski definition) is 11. The average Bonchev–Trinajstić information content (AvgIpc) is 3.21. The second-order valence-electron chi connectivity index (χ2n) is 16.3. The van der Waals surface area contributed by atoms with Crippen molar-refractivity contribution in [2.45, 2.75) is 236 Å². The van der Waals surface area contributed by atoms with Gasteiger partial charge in [0.15, 0.2) is 0 Å². The molecular formula is C45H85O12P. The van der Waals surface area contributed by atoms with Gasteiger partial charge < -0.3 is 39.9 Å². The van der Waals surface area contributed by atoms with Crippen LogP contribution in [0.3, 0.4) is 0 Å². The molecule has 0 spiro atoms. The number of rotatable bonds is 39. The van der Waals surface area contributed by atoms with Gasteiger partial charge in [-0.3, -0.25) is 13.8 Å². The molecule has 0 radical (unpaired) electrons. The molecule has 0 aromatic heterocycles. The fraction of sp³-hybridized carbons (Fsp3) is 0.889. The molecule has 0 amide bonds. The van der Waals surface area contributed by atoms with Crippen LogP contribution in [0.1, 0.15) is 194 Å². The van der Waals surface area contributed by atoms with Crippen LogP contribution in [0, 0.1) is 0 Å². The Morgan fingerprint density at radius 2 is 0.966 bits per heavy atom. The SMILES string of the molecule is CCCCCCC/C=C\C/C=C\CCCCCCCCCCCCCC(=O)OC(COCCCCCCCCCC)COP(=O)(O)OC1C(O)C(O)C(O)C(O)C1O. The topological polar surface area (TPSA) is 192 Å². The van der Waals surface area contributed by atoms with Crippen molar-refractivity contribution in [3.8, 4) is 0 Å². The Morgan fingerprint density at radius 1 is 0.552 bits per heavy atom. The summed E-state index contributed by atoms with van der Waals surface area (Å²) in [6, 6.07) is 0. The standard InChI is InChI=1S/C45H85O12P/c1-3-5-7-9-11-13-14-15-16-17-18-19-20-21-22-23-24-25-26-27-28-30-32-34-39(46)56-38(36-54-35-33-31-29-12-10-8-6-4-2)37-55-58(52,53)57-45-43(50)41(48)40(47)42(49)44(45)51/h14-15,17-18,38,40-45,47-51H,3-13,16,19-37H2,1-2H3,(H,52,53)/b15-14-,18-17-. The zero-order valence-corrected chi connectivity index (χ0v) is 37.2. The second-order valence-corrected chi connectivity index (χ2v) is 17.7. The highest BCUT2D eigenvalue weighted by Crippen LogP contribution is 2.47. The van der Waals surface area contributed by atoms with Crippen LogP contribution in [0.4, 0.5) is 0 Å². The molecule has 12 nitrogen and oxygen atoms in total. The van der Waals surface area contributed by atoms with Gasteiger partial charge in [-0.05, 0) is 44.9 Å². The maximum Gasteiger partial charge on any atom is 0.472 e. The highest BCUT2D eigenvalue weighted by Gasteiger charge is 2.51. The predicted molar refractivity (Wildman–Crippen MR) is 230 cm³/mol. The van der Waals surface area contributed by atoms with Crippen LogP contribution in [0.25, 0.3) is 0 Å². The van der Waals surface area contributed by atoms with Gasteiger partial charge in [-0.25, -0.2) is 4.57 Å². The van der Waals surface area contributed by atoms with E-state index in [1.54, 1.807) is 0 Å². The van der Waals surface area contributed by atoms with Crippen molar-refractivity contribution in [2.75, 3.05) is 19.8 Å². The molecular weight excluding hydrogens is 763 g/mol. The third-order valence-electron chi connectivity index (χ3n) is 10.8. The smallest absolute Gasteiger partial charge is 0.457 e. The van der Waals surface area contributed by atoms with E-state index in [1.807, 2.05) is 0 Å². The molecule has 1 aliphatic rings. The van der Waals surface area contributed by atoms with E-state index in [0.717, 1.165) is 44.9 Å². The Labute approximate surface area is 351 Å². The summed E-state index contributed by atoms with van der Waals surface area (Å²) in [5, 5.41) is 50.0. The van der Waals surface area contributed by atoms with Crippen LogP contribution in [0.5, 0.6) is 0 Å². The van der Waals surface area contributed by atoms with Crippen LogP contribution in [-0.2, 0) is 27.9 Å². The number of phosphoric acid groups is 1. The minimum Gasteiger partial charge on any atom is -0.457 e. The number of hydrogen-bond donors (Lipinski definition) is 6. The lowest BCUT2D eigenvalue weighted by Gasteiger charge is -2.41. The summed E-state index contributed by atoms with van der Waals surface area (Å²) in [5.74, 6) is -0.479. The molecule has 1 fully saturated rings. The first-order valence-electron chi connectivity index (χ1n) is 23.2. The molecule has 342 valence electrons. The Morgan fingerprint density at radius 3 is 1.45 bits per heavy atom. The van der Waals surface area contributed by atoms with Crippen molar-refractivity contribution < 1.29 is 58.3 Å². The molecule has 0 aliphatic heterocycles. The number of aliphatic hydroxyl groups excluding tert-OH is 5. The Hall–Kier alpha value is -1.18. The number of esters is 1. The highest BCUT2D eigenvalue weighted by atomic mass is 31.2. The minimum absolute atomic E-state index is 0.0746. The van der Waals surface area contributed by atoms with Gasteiger partial charge in [-0.15, -0.1) is 0 Å². The summed E-state index contributed by atoms with van der Waals surface area (Å²) < 4.78 is 34.0. The number of carbonyl (C=O) groups is 1. The summed E-state index contributed by atoms with van der Waals surface area (Å²) in [6.07, 6.45) is 28.4. The first-order valence-corrected chi connectivity index (χ1v) is 24.7. The third-order valence-corrected chi connectivity index (χ3v) is 11.8. The Kier molecular flexibility index (Phi) is 34.5. The van der Waals surface area contributed by atoms with Crippen molar-refractivity contribution in [3.05, 3.63) is 24.3 Å². The van der Waals surface area contributed by atoms with Gasteiger partial charge in [0.25, 0.3) is 0 Å². The lowest BCUT2D eigenvalue weighted by molar-refractivity contribution is -0.220. The molecule has 6 N–H and O–H groups in total.